The maximum absolute atomic E-state index is 10.6. The average Bonchev–Trinajstić information content (AvgIpc) is 2.03. The standard InChI is InChI=1S/C8H10O3S/c1-6-3-4-8(12(9)10)7(5-6)11-2/h3-5H,1-2H3,(H,9,10)/p-1. The highest BCUT2D eigenvalue weighted by Gasteiger charge is 2.01. The van der Waals surface area contributed by atoms with E-state index in [0.29, 0.717) is 5.75 Å². The first-order chi connectivity index (χ1) is 5.65. The minimum Gasteiger partial charge on any atom is -0.768 e. The van der Waals surface area contributed by atoms with Crippen LogP contribution in [0.25, 0.3) is 0 Å². The number of ether oxygens (including phenoxy) is 1. The zero-order chi connectivity index (χ0) is 9.14. The van der Waals surface area contributed by atoms with E-state index < -0.39 is 11.1 Å². The number of rotatable bonds is 2. The van der Waals surface area contributed by atoms with Gasteiger partial charge in [0.05, 0.1) is 12.0 Å². The molecule has 1 aromatic rings. The molecule has 0 N–H and O–H groups in total. The van der Waals surface area contributed by atoms with Crippen LogP contribution in [0.5, 0.6) is 5.75 Å². The number of benzene rings is 1. The topological polar surface area (TPSA) is 49.4 Å². The van der Waals surface area contributed by atoms with Gasteiger partial charge in [0.2, 0.25) is 0 Å². The molecule has 0 aliphatic carbocycles. The van der Waals surface area contributed by atoms with E-state index in [1.54, 1.807) is 12.1 Å². The number of aryl methyl sites for hydroxylation is 1. The molecule has 3 nitrogen and oxygen atoms in total. The second kappa shape index (κ2) is 3.69. The zero-order valence-electron chi connectivity index (χ0n) is 6.87. The average molecular weight is 185 g/mol. The zero-order valence-corrected chi connectivity index (χ0v) is 7.68. The summed E-state index contributed by atoms with van der Waals surface area (Å²) in [7, 11) is 1.45. The minimum absolute atomic E-state index is 0.197. The van der Waals surface area contributed by atoms with E-state index in [-0.39, 0.29) is 4.90 Å². The van der Waals surface area contributed by atoms with E-state index >= 15 is 0 Å². The molecule has 1 rings (SSSR count). The highest BCUT2D eigenvalue weighted by Crippen LogP contribution is 2.21. The van der Waals surface area contributed by atoms with Crippen molar-refractivity contribution in [3.05, 3.63) is 23.8 Å². The van der Waals surface area contributed by atoms with Crippen LogP contribution in [0.15, 0.2) is 23.1 Å². The van der Waals surface area contributed by atoms with Crippen molar-refractivity contribution in [1.29, 1.82) is 0 Å². The van der Waals surface area contributed by atoms with Gasteiger partial charge in [-0.25, -0.2) is 0 Å². The van der Waals surface area contributed by atoms with Crippen LogP contribution in [0.3, 0.4) is 0 Å². The molecule has 0 aliphatic heterocycles. The summed E-state index contributed by atoms with van der Waals surface area (Å²) in [5, 5.41) is 0. The van der Waals surface area contributed by atoms with E-state index in [0.717, 1.165) is 5.56 Å². The van der Waals surface area contributed by atoms with Crippen LogP contribution < -0.4 is 4.74 Å². The van der Waals surface area contributed by atoms with Crippen LogP contribution >= 0.6 is 0 Å². The molecule has 0 bridgehead atoms. The Morgan fingerprint density at radius 1 is 1.50 bits per heavy atom. The maximum Gasteiger partial charge on any atom is 0.134 e. The summed E-state index contributed by atoms with van der Waals surface area (Å²) in [6.07, 6.45) is 0. The van der Waals surface area contributed by atoms with Gasteiger partial charge in [-0.1, -0.05) is 6.07 Å². The fourth-order valence-electron chi connectivity index (χ4n) is 0.912. The summed E-state index contributed by atoms with van der Waals surface area (Å²) in [6.45, 7) is 1.88. The molecular formula is C8H9O3S-. The first kappa shape index (κ1) is 9.22. The third-order valence-electron chi connectivity index (χ3n) is 1.50. The Kier molecular flexibility index (Phi) is 2.83. The normalized spacial score (nSPS) is 12.6. The Morgan fingerprint density at radius 2 is 2.17 bits per heavy atom. The lowest BCUT2D eigenvalue weighted by Crippen LogP contribution is -1.94. The maximum atomic E-state index is 10.6. The lowest BCUT2D eigenvalue weighted by molar-refractivity contribution is 0.401. The molecule has 0 saturated heterocycles. The summed E-state index contributed by atoms with van der Waals surface area (Å²) in [5.74, 6) is 0.392. The Labute approximate surface area is 73.7 Å². The number of methoxy groups -OCH3 is 1. The van der Waals surface area contributed by atoms with Crippen molar-refractivity contribution in [2.45, 2.75) is 11.8 Å². The van der Waals surface area contributed by atoms with E-state index in [2.05, 4.69) is 0 Å². The van der Waals surface area contributed by atoms with E-state index in [9.17, 15) is 8.76 Å². The second-order valence-electron chi connectivity index (χ2n) is 2.39. The number of hydrogen-bond donors (Lipinski definition) is 0. The molecular weight excluding hydrogens is 176 g/mol. The minimum atomic E-state index is -2.22. The first-order valence-corrected chi connectivity index (χ1v) is 4.46. The summed E-state index contributed by atoms with van der Waals surface area (Å²) >= 11 is -2.22. The van der Waals surface area contributed by atoms with Gasteiger partial charge in [-0.3, -0.25) is 4.21 Å². The molecule has 0 amide bonds. The van der Waals surface area contributed by atoms with Gasteiger partial charge in [0.1, 0.15) is 5.75 Å². The predicted octanol–water partition coefficient (Wildman–Crippen LogP) is 1.24. The van der Waals surface area contributed by atoms with Gasteiger partial charge >= 0.3 is 0 Å². The Hall–Kier alpha value is -0.870. The van der Waals surface area contributed by atoms with Gasteiger partial charge in [-0.2, -0.15) is 0 Å². The Morgan fingerprint density at radius 3 is 2.67 bits per heavy atom. The van der Waals surface area contributed by atoms with Crippen LogP contribution in [-0.2, 0) is 11.1 Å². The third-order valence-corrected chi connectivity index (χ3v) is 2.20. The molecule has 0 aromatic heterocycles. The van der Waals surface area contributed by atoms with Crippen LogP contribution in [-0.4, -0.2) is 15.9 Å². The van der Waals surface area contributed by atoms with Gasteiger partial charge in [-0.05, 0) is 35.7 Å². The van der Waals surface area contributed by atoms with Crippen molar-refractivity contribution < 1.29 is 13.5 Å². The van der Waals surface area contributed by atoms with E-state index in [1.165, 1.54) is 13.2 Å². The second-order valence-corrected chi connectivity index (χ2v) is 3.30. The van der Waals surface area contributed by atoms with Gasteiger partial charge in [-0.15, -0.1) is 0 Å². The quantitative estimate of drug-likeness (QED) is 0.651. The van der Waals surface area contributed by atoms with Crippen LogP contribution in [0.1, 0.15) is 5.56 Å². The third kappa shape index (κ3) is 1.84. The van der Waals surface area contributed by atoms with Gasteiger partial charge in [0, 0.05) is 0 Å². The molecule has 66 valence electrons. The SMILES string of the molecule is COc1cc(C)ccc1S(=O)[O-]. The monoisotopic (exact) mass is 185 g/mol. The summed E-state index contributed by atoms with van der Waals surface area (Å²) in [5.41, 5.74) is 0.973. The fraction of sp³-hybridized carbons (Fsp3) is 0.250. The lowest BCUT2D eigenvalue weighted by atomic mass is 10.2. The van der Waals surface area contributed by atoms with Gasteiger partial charge in [0.15, 0.2) is 0 Å². The van der Waals surface area contributed by atoms with Crippen LogP contribution in [0.4, 0.5) is 0 Å². The van der Waals surface area contributed by atoms with Crippen molar-refractivity contribution in [2.75, 3.05) is 7.11 Å². The van der Waals surface area contributed by atoms with E-state index in [4.69, 9.17) is 4.74 Å². The Bertz CT molecular complexity index is 309. The van der Waals surface area contributed by atoms with Crippen molar-refractivity contribution >= 4 is 11.1 Å². The fourth-order valence-corrected chi connectivity index (χ4v) is 1.40. The molecule has 0 aliphatic rings. The summed E-state index contributed by atoms with van der Waals surface area (Å²) in [6, 6.07) is 4.94. The summed E-state index contributed by atoms with van der Waals surface area (Å²) < 4.78 is 26.1. The predicted molar refractivity (Wildman–Crippen MR) is 44.9 cm³/mol. The smallest absolute Gasteiger partial charge is 0.134 e. The van der Waals surface area contributed by atoms with Gasteiger partial charge in [0.25, 0.3) is 0 Å². The van der Waals surface area contributed by atoms with Crippen molar-refractivity contribution in [3.63, 3.8) is 0 Å². The number of hydrogen-bond acceptors (Lipinski definition) is 3. The lowest BCUT2D eigenvalue weighted by Gasteiger charge is -2.10. The van der Waals surface area contributed by atoms with Crippen LogP contribution in [0.2, 0.25) is 0 Å². The molecule has 0 spiro atoms. The molecule has 1 unspecified atom stereocenters. The molecule has 1 aromatic carbocycles. The molecule has 0 fully saturated rings. The van der Waals surface area contributed by atoms with Gasteiger partial charge < -0.3 is 9.29 Å². The molecule has 1 atom stereocenters. The highest BCUT2D eigenvalue weighted by molar-refractivity contribution is 7.79. The molecule has 0 heterocycles. The van der Waals surface area contributed by atoms with Crippen molar-refractivity contribution in [3.8, 4) is 5.75 Å². The van der Waals surface area contributed by atoms with Crippen molar-refractivity contribution in [2.24, 2.45) is 0 Å². The highest BCUT2D eigenvalue weighted by atomic mass is 32.2. The summed E-state index contributed by atoms with van der Waals surface area (Å²) in [4.78, 5) is 0.197. The molecule has 0 saturated carbocycles. The molecule has 4 heteroatoms. The first-order valence-electron chi connectivity index (χ1n) is 3.39. The van der Waals surface area contributed by atoms with Crippen molar-refractivity contribution in [1.82, 2.24) is 0 Å². The van der Waals surface area contributed by atoms with E-state index in [1.807, 2.05) is 6.92 Å². The molecule has 12 heavy (non-hydrogen) atoms. The van der Waals surface area contributed by atoms with Crippen LogP contribution in [0, 0.1) is 6.92 Å². The molecule has 0 radical (unpaired) electrons. The Balaban J connectivity index is 3.20. The largest absolute Gasteiger partial charge is 0.768 e.